The fraction of sp³-hybridized carbons (Fsp3) is 0.450. The summed E-state index contributed by atoms with van der Waals surface area (Å²) in [7, 11) is 0. The Balaban J connectivity index is 1.52. The molecule has 6 heteroatoms. The van der Waals surface area contributed by atoms with Crippen molar-refractivity contribution in [1.29, 1.82) is 0 Å². The van der Waals surface area contributed by atoms with Crippen LogP contribution >= 0.6 is 0 Å². The molecule has 138 valence electrons. The van der Waals surface area contributed by atoms with Gasteiger partial charge in [-0.3, -0.25) is 14.5 Å². The van der Waals surface area contributed by atoms with Crippen LogP contribution in [0.5, 0.6) is 0 Å². The molecule has 26 heavy (non-hydrogen) atoms. The van der Waals surface area contributed by atoms with Crippen molar-refractivity contribution >= 4 is 5.91 Å². The number of aromatic nitrogens is 2. The first-order valence-corrected chi connectivity index (χ1v) is 9.13. The van der Waals surface area contributed by atoms with E-state index in [9.17, 15) is 9.59 Å². The zero-order valence-electron chi connectivity index (χ0n) is 15.4. The highest BCUT2D eigenvalue weighted by Gasteiger charge is 2.21. The number of hydrogen-bond acceptors (Lipinski definition) is 4. The SMILES string of the molecule is C[C@@H]1C[C@@H](C)CN(Cc2ccc(CNC(=O)c3ccc(=O)[nH]n3)cc2)C1. The number of rotatable bonds is 5. The Morgan fingerprint density at radius 1 is 1.12 bits per heavy atom. The summed E-state index contributed by atoms with van der Waals surface area (Å²) in [5, 5.41) is 8.80. The number of aromatic amines is 1. The van der Waals surface area contributed by atoms with Crippen molar-refractivity contribution in [3.05, 3.63) is 63.6 Å². The Morgan fingerprint density at radius 2 is 1.77 bits per heavy atom. The van der Waals surface area contributed by atoms with Gasteiger partial charge >= 0.3 is 0 Å². The summed E-state index contributed by atoms with van der Waals surface area (Å²) in [6, 6.07) is 11.1. The summed E-state index contributed by atoms with van der Waals surface area (Å²) in [6.45, 7) is 8.38. The maximum absolute atomic E-state index is 12.0. The Hall–Kier alpha value is -2.47. The minimum absolute atomic E-state index is 0.203. The fourth-order valence-corrected chi connectivity index (χ4v) is 3.69. The molecule has 2 heterocycles. The average Bonchev–Trinajstić information content (AvgIpc) is 2.60. The Bertz CT molecular complexity index is 770. The quantitative estimate of drug-likeness (QED) is 0.863. The first kappa shape index (κ1) is 18.3. The molecule has 2 N–H and O–H groups in total. The van der Waals surface area contributed by atoms with E-state index in [2.05, 4.69) is 46.4 Å². The van der Waals surface area contributed by atoms with Crippen LogP contribution in [0.2, 0.25) is 0 Å². The molecule has 6 nitrogen and oxygen atoms in total. The summed E-state index contributed by atoms with van der Waals surface area (Å²) >= 11 is 0. The molecule has 1 saturated heterocycles. The Morgan fingerprint density at radius 3 is 2.38 bits per heavy atom. The van der Waals surface area contributed by atoms with E-state index in [1.807, 2.05) is 12.1 Å². The summed E-state index contributed by atoms with van der Waals surface area (Å²) < 4.78 is 0. The van der Waals surface area contributed by atoms with E-state index < -0.39 is 0 Å². The van der Waals surface area contributed by atoms with Gasteiger partial charge in [0.25, 0.3) is 11.5 Å². The normalized spacial score (nSPS) is 20.7. The molecule has 1 aromatic heterocycles. The number of carbonyl (C=O) groups is 1. The van der Waals surface area contributed by atoms with Crippen LogP contribution in [0.15, 0.2) is 41.2 Å². The zero-order valence-corrected chi connectivity index (χ0v) is 15.4. The van der Waals surface area contributed by atoms with Gasteiger partial charge in [-0.15, -0.1) is 0 Å². The van der Waals surface area contributed by atoms with E-state index in [4.69, 9.17) is 0 Å². The van der Waals surface area contributed by atoms with E-state index in [0.29, 0.717) is 6.54 Å². The van der Waals surface area contributed by atoms with Gasteiger partial charge in [-0.1, -0.05) is 38.1 Å². The van der Waals surface area contributed by atoms with Crippen LogP contribution in [0.4, 0.5) is 0 Å². The Kier molecular flexibility index (Phi) is 5.83. The maximum Gasteiger partial charge on any atom is 0.271 e. The van der Waals surface area contributed by atoms with Crippen molar-refractivity contribution in [1.82, 2.24) is 20.4 Å². The molecule has 0 aliphatic carbocycles. The van der Waals surface area contributed by atoms with Crippen molar-refractivity contribution in [2.45, 2.75) is 33.4 Å². The lowest BCUT2D eigenvalue weighted by molar-refractivity contribution is 0.0945. The lowest BCUT2D eigenvalue weighted by atomic mass is 9.91. The number of piperidine rings is 1. The minimum atomic E-state index is -0.324. The average molecular weight is 354 g/mol. The van der Waals surface area contributed by atoms with Crippen LogP contribution in [0.1, 0.15) is 41.9 Å². The second kappa shape index (κ2) is 8.27. The first-order valence-electron chi connectivity index (χ1n) is 9.13. The van der Waals surface area contributed by atoms with Gasteiger partial charge < -0.3 is 5.32 Å². The van der Waals surface area contributed by atoms with Gasteiger partial charge in [0.1, 0.15) is 5.69 Å². The summed E-state index contributed by atoms with van der Waals surface area (Å²) in [5.41, 5.74) is 2.21. The van der Waals surface area contributed by atoms with Crippen LogP contribution in [0.25, 0.3) is 0 Å². The molecular weight excluding hydrogens is 328 g/mol. The number of nitrogens with zero attached hydrogens (tertiary/aromatic N) is 2. The van der Waals surface area contributed by atoms with Crippen LogP contribution in [0, 0.1) is 11.8 Å². The molecule has 0 spiro atoms. The molecule has 1 amide bonds. The van der Waals surface area contributed by atoms with E-state index in [1.54, 1.807) is 0 Å². The van der Waals surface area contributed by atoms with E-state index in [-0.39, 0.29) is 17.2 Å². The predicted molar refractivity (Wildman–Crippen MR) is 101 cm³/mol. The highest BCUT2D eigenvalue weighted by molar-refractivity contribution is 5.91. The molecule has 1 aromatic carbocycles. The van der Waals surface area contributed by atoms with Crippen molar-refractivity contribution in [3.8, 4) is 0 Å². The third-order valence-electron chi connectivity index (χ3n) is 4.74. The molecule has 1 fully saturated rings. The summed E-state index contributed by atoms with van der Waals surface area (Å²) in [5.74, 6) is 1.21. The van der Waals surface area contributed by atoms with Crippen LogP contribution in [0.3, 0.4) is 0 Å². The van der Waals surface area contributed by atoms with Crippen molar-refractivity contribution < 1.29 is 4.79 Å². The molecule has 0 saturated carbocycles. The van der Waals surface area contributed by atoms with Crippen LogP contribution in [-0.4, -0.2) is 34.1 Å². The number of nitrogens with one attached hydrogen (secondary N) is 2. The number of benzene rings is 1. The van der Waals surface area contributed by atoms with Gasteiger partial charge in [0, 0.05) is 32.2 Å². The lowest BCUT2D eigenvalue weighted by Crippen LogP contribution is -2.38. The van der Waals surface area contributed by atoms with E-state index in [1.165, 1.54) is 24.1 Å². The van der Waals surface area contributed by atoms with Gasteiger partial charge in [0.05, 0.1) is 0 Å². The van der Waals surface area contributed by atoms with Crippen molar-refractivity contribution in [2.24, 2.45) is 11.8 Å². The molecule has 1 aliphatic heterocycles. The van der Waals surface area contributed by atoms with Crippen LogP contribution < -0.4 is 10.9 Å². The molecule has 0 radical (unpaired) electrons. The Labute approximate surface area is 153 Å². The molecule has 3 rings (SSSR count). The van der Waals surface area contributed by atoms with Gasteiger partial charge in [0.2, 0.25) is 0 Å². The molecule has 2 aromatic rings. The zero-order chi connectivity index (χ0) is 18.5. The third-order valence-corrected chi connectivity index (χ3v) is 4.74. The molecular formula is C20H26N4O2. The highest BCUT2D eigenvalue weighted by Crippen LogP contribution is 2.22. The first-order chi connectivity index (χ1) is 12.5. The van der Waals surface area contributed by atoms with Gasteiger partial charge in [-0.05, 0) is 35.4 Å². The smallest absolute Gasteiger partial charge is 0.271 e. The van der Waals surface area contributed by atoms with E-state index >= 15 is 0 Å². The summed E-state index contributed by atoms with van der Waals surface area (Å²) in [4.78, 5) is 25.5. The topological polar surface area (TPSA) is 78.1 Å². The molecule has 0 bridgehead atoms. The van der Waals surface area contributed by atoms with E-state index in [0.717, 1.165) is 37.0 Å². The molecule has 0 unspecified atom stereocenters. The highest BCUT2D eigenvalue weighted by atomic mass is 16.2. The van der Waals surface area contributed by atoms with Crippen LogP contribution in [-0.2, 0) is 13.1 Å². The minimum Gasteiger partial charge on any atom is -0.347 e. The number of amides is 1. The second-order valence-corrected chi connectivity index (χ2v) is 7.45. The maximum atomic E-state index is 12.0. The van der Waals surface area contributed by atoms with Gasteiger partial charge in [-0.2, -0.15) is 5.10 Å². The molecule has 2 atom stereocenters. The largest absolute Gasteiger partial charge is 0.347 e. The third kappa shape index (κ3) is 5.02. The second-order valence-electron chi connectivity index (χ2n) is 7.45. The molecule has 1 aliphatic rings. The van der Waals surface area contributed by atoms with Gasteiger partial charge in [-0.25, -0.2) is 5.10 Å². The number of likely N-dealkylation sites (tertiary alicyclic amines) is 1. The standard InChI is InChI=1S/C20H26N4O2/c1-14-9-15(2)12-24(11-14)13-17-5-3-16(4-6-17)10-21-20(26)18-7-8-19(25)23-22-18/h3-8,14-15H,9-13H2,1-2H3,(H,21,26)(H,23,25)/t14-,15-/m1/s1. The number of carbonyl (C=O) groups excluding carboxylic acids is 1. The van der Waals surface area contributed by atoms with Crippen molar-refractivity contribution in [3.63, 3.8) is 0 Å². The van der Waals surface area contributed by atoms with Gasteiger partial charge in [0.15, 0.2) is 0 Å². The number of hydrogen-bond donors (Lipinski definition) is 2. The summed E-state index contributed by atoms with van der Waals surface area (Å²) in [6.07, 6.45) is 1.32. The van der Waals surface area contributed by atoms with Crippen molar-refractivity contribution in [2.75, 3.05) is 13.1 Å². The lowest BCUT2D eigenvalue weighted by Gasteiger charge is -2.35. The predicted octanol–water partition coefficient (Wildman–Crippen LogP) is 2.18. The number of H-pyrrole nitrogens is 1. The fourth-order valence-electron chi connectivity index (χ4n) is 3.69. The monoisotopic (exact) mass is 354 g/mol.